The maximum Gasteiger partial charge on any atom is 0.0542 e. The van der Waals surface area contributed by atoms with Crippen molar-refractivity contribution in [2.24, 2.45) is 13.0 Å². The third kappa shape index (κ3) is 2.18. The molecule has 2 heteroatoms. The molecule has 2 aliphatic rings. The van der Waals surface area contributed by atoms with Crippen LogP contribution in [0.1, 0.15) is 24.8 Å². The highest BCUT2D eigenvalue weighted by Gasteiger charge is 2.41. The van der Waals surface area contributed by atoms with Crippen molar-refractivity contribution in [2.75, 3.05) is 11.9 Å². The smallest absolute Gasteiger partial charge is 0.0542 e. The van der Waals surface area contributed by atoms with Crippen LogP contribution in [0, 0.1) is 5.92 Å². The van der Waals surface area contributed by atoms with Gasteiger partial charge in [0, 0.05) is 47.5 Å². The molecule has 0 spiro atoms. The zero-order valence-electron chi connectivity index (χ0n) is 18.3. The van der Waals surface area contributed by atoms with E-state index in [2.05, 4.69) is 103 Å². The Morgan fingerprint density at radius 3 is 2.32 bits per heavy atom. The van der Waals surface area contributed by atoms with Crippen molar-refractivity contribution < 1.29 is 0 Å². The summed E-state index contributed by atoms with van der Waals surface area (Å²) in [6.45, 7) is 2.43. The van der Waals surface area contributed by atoms with Gasteiger partial charge in [-0.1, -0.05) is 43.3 Å². The lowest BCUT2D eigenvalue weighted by molar-refractivity contribution is 0.426. The Hall–Kier alpha value is -3.26. The van der Waals surface area contributed by atoms with Crippen molar-refractivity contribution >= 4 is 49.0 Å². The number of aryl methyl sites for hydroxylation is 1. The molecular weight excluding hydrogens is 376 g/mol. The van der Waals surface area contributed by atoms with Crippen LogP contribution in [0.25, 0.3) is 43.4 Å². The van der Waals surface area contributed by atoms with E-state index >= 15 is 0 Å². The Balaban J connectivity index is 1.62. The molecule has 0 N–H and O–H groups in total. The van der Waals surface area contributed by atoms with Crippen LogP contribution in [0.4, 0.5) is 5.69 Å². The number of anilines is 1. The molecule has 5 aromatic rings. The van der Waals surface area contributed by atoms with E-state index in [1.807, 2.05) is 0 Å². The first-order valence-electron chi connectivity index (χ1n) is 11.4. The predicted molar refractivity (Wildman–Crippen MR) is 133 cm³/mol. The molecule has 0 saturated heterocycles. The van der Waals surface area contributed by atoms with Crippen LogP contribution in [-0.2, 0) is 7.05 Å². The van der Waals surface area contributed by atoms with Crippen LogP contribution in [0.3, 0.4) is 0 Å². The van der Waals surface area contributed by atoms with Gasteiger partial charge in [0.25, 0.3) is 0 Å². The highest BCUT2D eigenvalue weighted by Crippen LogP contribution is 2.52. The average molecular weight is 403 g/mol. The molecular formula is C29H26N2. The van der Waals surface area contributed by atoms with E-state index in [9.17, 15) is 0 Å². The van der Waals surface area contributed by atoms with E-state index in [0.29, 0.717) is 17.9 Å². The van der Waals surface area contributed by atoms with E-state index in [1.54, 1.807) is 5.56 Å². The summed E-state index contributed by atoms with van der Waals surface area (Å²) in [4.78, 5) is 2.50. The molecule has 31 heavy (non-hydrogen) atoms. The lowest BCUT2D eigenvalue weighted by Crippen LogP contribution is -2.33. The first-order chi connectivity index (χ1) is 15.1. The van der Waals surface area contributed by atoms with Gasteiger partial charge in [0.15, 0.2) is 0 Å². The molecule has 7 rings (SSSR count). The zero-order valence-corrected chi connectivity index (χ0v) is 18.3. The summed E-state index contributed by atoms with van der Waals surface area (Å²) >= 11 is 0. The Bertz CT molecular complexity index is 1570. The fraction of sp³-hybridized carbons (Fsp3) is 0.241. The fourth-order valence-corrected chi connectivity index (χ4v) is 6.41. The van der Waals surface area contributed by atoms with Gasteiger partial charge in [0.05, 0.1) is 6.04 Å². The van der Waals surface area contributed by atoms with Crippen molar-refractivity contribution in [1.29, 1.82) is 0 Å². The Kier molecular flexibility index (Phi) is 3.32. The first-order valence-corrected chi connectivity index (χ1v) is 11.4. The van der Waals surface area contributed by atoms with Gasteiger partial charge in [-0.05, 0) is 75.8 Å². The molecule has 152 valence electrons. The number of hydrogen-bond acceptors (Lipinski definition) is 1. The summed E-state index contributed by atoms with van der Waals surface area (Å²) in [6.07, 6.45) is 5.99. The third-order valence-electron chi connectivity index (χ3n) is 7.99. The molecule has 4 aromatic carbocycles. The predicted octanol–water partition coefficient (Wildman–Crippen LogP) is 7.14. The summed E-state index contributed by atoms with van der Waals surface area (Å²) < 4.78 is 2.40. The number of nitrogens with zero attached hydrogens (tertiary/aromatic N) is 2. The van der Waals surface area contributed by atoms with E-state index in [4.69, 9.17) is 0 Å². The van der Waals surface area contributed by atoms with Crippen molar-refractivity contribution in [2.45, 2.75) is 25.3 Å². The Morgan fingerprint density at radius 2 is 1.55 bits per heavy atom. The van der Waals surface area contributed by atoms with Crippen LogP contribution >= 0.6 is 0 Å². The van der Waals surface area contributed by atoms with Crippen molar-refractivity contribution in [3.05, 3.63) is 78.4 Å². The molecule has 1 aromatic heterocycles. The molecule has 3 atom stereocenters. The first kappa shape index (κ1) is 17.4. The number of aromatic nitrogens is 1. The largest absolute Gasteiger partial charge is 0.367 e. The van der Waals surface area contributed by atoms with Gasteiger partial charge in [-0.3, -0.25) is 0 Å². The molecule has 2 heterocycles. The minimum absolute atomic E-state index is 0.476. The van der Waals surface area contributed by atoms with Crippen LogP contribution in [0.15, 0.2) is 72.8 Å². The van der Waals surface area contributed by atoms with E-state index in [1.165, 1.54) is 55.5 Å². The highest BCUT2D eigenvalue weighted by molar-refractivity contribution is 6.16. The molecule has 0 bridgehead atoms. The van der Waals surface area contributed by atoms with Gasteiger partial charge in [-0.15, -0.1) is 0 Å². The van der Waals surface area contributed by atoms with E-state index in [-0.39, 0.29) is 0 Å². The summed E-state index contributed by atoms with van der Waals surface area (Å²) in [7, 11) is 4.49. The maximum atomic E-state index is 2.50. The summed E-state index contributed by atoms with van der Waals surface area (Å²) in [5.74, 6) is 1.22. The minimum atomic E-state index is 0.476. The zero-order chi connectivity index (χ0) is 20.9. The van der Waals surface area contributed by atoms with Gasteiger partial charge in [0.1, 0.15) is 0 Å². The number of likely N-dealkylation sites (N-methyl/N-ethyl adjacent to an activating group) is 1. The molecule has 0 radical (unpaired) electrons. The molecule has 3 unspecified atom stereocenters. The molecule has 0 amide bonds. The number of rotatable bonds is 0. The van der Waals surface area contributed by atoms with Gasteiger partial charge in [-0.25, -0.2) is 0 Å². The number of fused-ring (bicyclic) bond motifs is 9. The molecule has 1 aliphatic heterocycles. The fourth-order valence-electron chi connectivity index (χ4n) is 6.41. The van der Waals surface area contributed by atoms with Crippen molar-refractivity contribution in [3.8, 4) is 0 Å². The number of benzene rings is 4. The minimum Gasteiger partial charge on any atom is -0.367 e. The molecule has 0 saturated carbocycles. The third-order valence-corrected chi connectivity index (χ3v) is 7.99. The maximum absolute atomic E-state index is 2.50. The van der Waals surface area contributed by atoms with Crippen molar-refractivity contribution in [1.82, 2.24) is 4.57 Å². The standard InChI is InChI=1S/C29H26N2/c1-17-7-6-10-23-27(17)29-25(30(23)2)12-11-24-28(29)22-15-20-13-18-8-4-5-9-19(18)14-21(20)16-26(22)31(24)3/h4-6,8-17,23,27H,7H2,1-3H3. The van der Waals surface area contributed by atoms with Gasteiger partial charge >= 0.3 is 0 Å². The lowest BCUT2D eigenvalue weighted by Gasteiger charge is -2.31. The quantitative estimate of drug-likeness (QED) is 0.197. The van der Waals surface area contributed by atoms with Crippen LogP contribution < -0.4 is 4.90 Å². The molecule has 1 aliphatic carbocycles. The van der Waals surface area contributed by atoms with E-state index < -0.39 is 0 Å². The second-order valence-electron chi connectivity index (χ2n) is 9.64. The van der Waals surface area contributed by atoms with Crippen LogP contribution in [0.5, 0.6) is 0 Å². The SMILES string of the molecule is CC1CC=CC2C1c1c(ccc3c1c1cc4cc5ccccc5cc4cc1n3C)N2C. The summed E-state index contributed by atoms with van der Waals surface area (Å²) in [5.41, 5.74) is 5.65. The number of allylic oxidation sites excluding steroid dienone is 1. The Morgan fingerprint density at radius 1 is 0.806 bits per heavy atom. The topological polar surface area (TPSA) is 8.17 Å². The highest BCUT2D eigenvalue weighted by atomic mass is 15.2. The van der Waals surface area contributed by atoms with Gasteiger partial charge in [0.2, 0.25) is 0 Å². The molecule has 0 fully saturated rings. The van der Waals surface area contributed by atoms with Crippen LogP contribution in [-0.4, -0.2) is 17.7 Å². The van der Waals surface area contributed by atoms with Crippen LogP contribution in [0.2, 0.25) is 0 Å². The van der Waals surface area contributed by atoms with E-state index in [0.717, 1.165) is 0 Å². The second-order valence-corrected chi connectivity index (χ2v) is 9.64. The second kappa shape index (κ2) is 5.91. The lowest BCUT2D eigenvalue weighted by atomic mass is 9.77. The van der Waals surface area contributed by atoms with Gasteiger partial charge in [-0.2, -0.15) is 0 Å². The normalized spacial score (nSPS) is 22.7. The summed E-state index contributed by atoms with van der Waals surface area (Å²) in [5, 5.41) is 8.12. The number of hydrogen-bond donors (Lipinski definition) is 0. The summed E-state index contributed by atoms with van der Waals surface area (Å²) in [6, 6.07) is 23.4. The van der Waals surface area contributed by atoms with Crippen molar-refractivity contribution in [3.63, 3.8) is 0 Å². The average Bonchev–Trinajstić information content (AvgIpc) is 3.23. The molecule has 2 nitrogen and oxygen atoms in total. The van der Waals surface area contributed by atoms with Gasteiger partial charge < -0.3 is 9.47 Å². The Labute approximate surface area is 182 Å². The monoisotopic (exact) mass is 402 g/mol.